The number of hydrogen-bond acceptors (Lipinski definition) is 6. The van der Waals surface area contributed by atoms with Crippen LogP contribution in [0.3, 0.4) is 0 Å². The third kappa shape index (κ3) is 3.36. The molecule has 4 aromatic rings. The summed E-state index contributed by atoms with van der Waals surface area (Å²) in [4.78, 5) is 37.0. The minimum absolute atomic E-state index is 0.0914. The van der Waals surface area contributed by atoms with Gasteiger partial charge in [0.15, 0.2) is 5.76 Å². The Balaban J connectivity index is 1.64. The first kappa shape index (κ1) is 16.4. The maximum absolute atomic E-state index is 12.7. The molecule has 0 aliphatic heterocycles. The number of carbonyl (C=O) groups excluding carboxylic acids is 2. The Bertz CT molecular complexity index is 1110. The van der Waals surface area contributed by atoms with Gasteiger partial charge in [-0.25, -0.2) is 9.97 Å². The number of para-hydroxylation sites is 1. The number of carbonyl (C=O) groups is 2. The molecule has 132 valence electrons. The van der Waals surface area contributed by atoms with Gasteiger partial charge in [0.05, 0.1) is 23.5 Å². The largest absolute Gasteiger partial charge is 0.463 e. The number of aromatic nitrogens is 3. The van der Waals surface area contributed by atoms with Gasteiger partial charge in [-0.15, -0.1) is 0 Å². The van der Waals surface area contributed by atoms with Crippen molar-refractivity contribution < 1.29 is 14.0 Å². The Morgan fingerprint density at radius 3 is 2.59 bits per heavy atom. The van der Waals surface area contributed by atoms with Gasteiger partial charge in [-0.3, -0.25) is 25.4 Å². The van der Waals surface area contributed by atoms with Crippen molar-refractivity contribution in [3.63, 3.8) is 0 Å². The summed E-state index contributed by atoms with van der Waals surface area (Å²) in [5.41, 5.74) is 6.33. The molecule has 2 N–H and O–H groups in total. The predicted molar refractivity (Wildman–Crippen MR) is 96.4 cm³/mol. The molecule has 8 nitrogen and oxygen atoms in total. The lowest BCUT2D eigenvalue weighted by Crippen LogP contribution is -2.42. The Morgan fingerprint density at radius 1 is 0.963 bits per heavy atom. The molecule has 4 rings (SSSR count). The van der Waals surface area contributed by atoms with E-state index in [1.165, 1.54) is 24.9 Å². The SMILES string of the molecule is O=C(NNC(=O)c1cc(-c2ccco2)nc2ccccc12)c1cnccn1. The molecular formula is C19H13N5O3. The van der Waals surface area contributed by atoms with E-state index in [-0.39, 0.29) is 5.69 Å². The Labute approximate surface area is 153 Å². The second kappa shape index (κ2) is 7.04. The number of fused-ring (bicyclic) bond motifs is 1. The van der Waals surface area contributed by atoms with Gasteiger partial charge in [0, 0.05) is 17.8 Å². The lowest BCUT2D eigenvalue weighted by atomic mass is 10.1. The third-order valence-corrected chi connectivity index (χ3v) is 3.82. The normalized spacial score (nSPS) is 10.5. The molecule has 3 aromatic heterocycles. The zero-order valence-electron chi connectivity index (χ0n) is 13.9. The summed E-state index contributed by atoms with van der Waals surface area (Å²) >= 11 is 0. The molecule has 3 heterocycles. The van der Waals surface area contributed by atoms with Gasteiger partial charge in [-0.05, 0) is 24.3 Å². The monoisotopic (exact) mass is 359 g/mol. The lowest BCUT2D eigenvalue weighted by molar-refractivity contribution is 0.0844. The van der Waals surface area contributed by atoms with E-state index in [0.717, 1.165) is 0 Å². The Morgan fingerprint density at radius 2 is 1.81 bits per heavy atom. The summed E-state index contributed by atoms with van der Waals surface area (Å²) < 4.78 is 5.38. The van der Waals surface area contributed by atoms with Crippen molar-refractivity contribution in [1.82, 2.24) is 25.8 Å². The summed E-state index contributed by atoms with van der Waals surface area (Å²) in [6, 6.07) is 12.3. The van der Waals surface area contributed by atoms with E-state index in [9.17, 15) is 9.59 Å². The number of hydrazine groups is 1. The number of hydrogen-bond donors (Lipinski definition) is 2. The molecule has 0 fully saturated rings. The molecule has 0 radical (unpaired) electrons. The number of pyridine rings is 1. The number of rotatable bonds is 3. The molecule has 0 saturated carbocycles. The number of furan rings is 1. The van der Waals surface area contributed by atoms with Crippen LogP contribution in [0.2, 0.25) is 0 Å². The van der Waals surface area contributed by atoms with Crippen LogP contribution < -0.4 is 10.9 Å². The van der Waals surface area contributed by atoms with Crippen LogP contribution in [0, 0.1) is 0 Å². The van der Waals surface area contributed by atoms with Gasteiger partial charge in [-0.2, -0.15) is 0 Å². The van der Waals surface area contributed by atoms with Crippen molar-refractivity contribution in [1.29, 1.82) is 0 Å². The highest BCUT2D eigenvalue weighted by atomic mass is 16.3. The van der Waals surface area contributed by atoms with Crippen LogP contribution in [-0.2, 0) is 0 Å². The molecule has 8 heteroatoms. The topological polar surface area (TPSA) is 110 Å². The average molecular weight is 359 g/mol. The third-order valence-electron chi connectivity index (χ3n) is 3.82. The van der Waals surface area contributed by atoms with E-state index in [1.807, 2.05) is 12.1 Å². The number of nitrogens with one attached hydrogen (secondary N) is 2. The standard InChI is InChI=1S/C19H13N5O3/c25-18(23-24-19(26)16-11-20-7-8-21-16)13-10-15(17-6-3-9-27-17)22-14-5-2-1-4-12(13)14/h1-11H,(H,23,25)(H,24,26). The van der Waals surface area contributed by atoms with Crippen molar-refractivity contribution in [2.45, 2.75) is 0 Å². The zero-order valence-corrected chi connectivity index (χ0v) is 13.9. The maximum Gasteiger partial charge on any atom is 0.289 e. The van der Waals surface area contributed by atoms with E-state index in [2.05, 4.69) is 25.8 Å². The first-order chi connectivity index (χ1) is 13.2. The summed E-state index contributed by atoms with van der Waals surface area (Å²) in [5.74, 6) is -0.516. The highest BCUT2D eigenvalue weighted by molar-refractivity contribution is 6.07. The number of nitrogens with zero attached hydrogens (tertiary/aromatic N) is 3. The van der Waals surface area contributed by atoms with Gasteiger partial charge in [0.1, 0.15) is 11.4 Å². The molecule has 0 spiro atoms. The van der Waals surface area contributed by atoms with Crippen molar-refractivity contribution >= 4 is 22.7 Å². The molecule has 0 unspecified atom stereocenters. The lowest BCUT2D eigenvalue weighted by Gasteiger charge is -2.10. The fraction of sp³-hybridized carbons (Fsp3) is 0. The van der Waals surface area contributed by atoms with E-state index < -0.39 is 11.8 Å². The Kier molecular flexibility index (Phi) is 4.28. The van der Waals surface area contributed by atoms with Crippen LogP contribution in [0.25, 0.3) is 22.4 Å². The maximum atomic E-state index is 12.7. The molecule has 0 atom stereocenters. The number of benzene rings is 1. The summed E-state index contributed by atoms with van der Waals surface area (Å²) in [7, 11) is 0. The van der Waals surface area contributed by atoms with Gasteiger partial charge < -0.3 is 4.42 Å². The van der Waals surface area contributed by atoms with E-state index in [1.54, 1.807) is 30.3 Å². The van der Waals surface area contributed by atoms with Crippen LogP contribution in [0.4, 0.5) is 0 Å². The number of amides is 2. The van der Waals surface area contributed by atoms with Crippen molar-refractivity contribution in [3.05, 3.63) is 78.6 Å². The van der Waals surface area contributed by atoms with E-state index in [4.69, 9.17) is 4.42 Å². The highest BCUT2D eigenvalue weighted by Crippen LogP contribution is 2.25. The zero-order chi connectivity index (χ0) is 18.6. The Hall–Kier alpha value is -4.07. The van der Waals surface area contributed by atoms with Crippen LogP contribution in [0.1, 0.15) is 20.8 Å². The fourth-order valence-corrected chi connectivity index (χ4v) is 2.58. The highest BCUT2D eigenvalue weighted by Gasteiger charge is 2.16. The van der Waals surface area contributed by atoms with Crippen LogP contribution in [-0.4, -0.2) is 26.8 Å². The first-order valence-corrected chi connectivity index (χ1v) is 8.03. The smallest absolute Gasteiger partial charge is 0.289 e. The van der Waals surface area contributed by atoms with Crippen molar-refractivity contribution in [3.8, 4) is 11.5 Å². The van der Waals surface area contributed by atoms with E-state index >= 15 is 0 Å². The molecule has 0 aliphatic rings. The molecule has 2 amide bonds. The molecule has 0 aliphatic carbocycles. The van der Waals surface area contributed by atoms with Crippen LogP contribution in [0.5, 0.6) is 0 Å². The average Bonchev–Trinajstić information content (AvgIpc) is 3.26. The summed E-state index contributed by atoms with van der Waals surface area (Å²) in [5, 5.41) is 0.652. The molecule has 27 heavy (non-hydrogen) atoms. The fourth-order valence-electron chi connectivity index (χ4n) is 2.58. The van der Waals surface area contributed by atoms with Crippen molar-refractivity contribution in [2.24, 2.45) is 0 Å². The van der Waals surface area contributed by atoms with Gasteiger partial charge >= 0.3 is 0 Å². The van der Waals surface area contributed by atoms with Crippen LogP contribution in [0.15, 0.2) is 71.7 Å². The molecule has 0 bridgehead atoms. The van der Waals surface area contributed by atoms with Gasteiger partial charge in [-0.1, -0.05) is 18.2 Å². The van der Waals surface area contributed by atoms with Crippen molar-refractivity contribution in [2.75, 3.05) is 0 Å². The minimum atomic E-state index is -0.568. The van der Waals surface area contributed by atoms with E-state index in [0.29, 0.717) is 27.9 Å². The first-order valence-electron chi connectivity index (χ1n) is 8.03. The minimum Gasteiger partial charge on any atom is -0.463 e. The second-order valence-corrected chi connectivity index (χ2v) is 5.55. The van der Waals surface area contributed by atoms with Gasteiger partial charge in [0.25, 0.3) is 11.8 Å². The molecule has 1 aromatic carbocycles. The predicted octanol–water partition coefficient (Wildman–Crippen LogP) is 2.36. The quantitative estimate of drug-likeness (QED) is 0.543. The summed E-state index contributed by atoms with van der Waals surface area (Å²) in [6.07, 6.45) is 5.68. The second-order valence-electron chi connectivity index (χ2n) is 5.55. The molecular weight excluding hydrogens is 346 g/mol. The van der Waals surface area contributed by atoms with Gasteiger partial charge in [0.2, 0.25) is 0 Å². The molecule has 0 saturated heterocycles. The summed E-state index contributed by atoms with van der Waals surface area (Å²) in [6.45, 7) is 0. The van der Waals surface area contributed by atoms with Crippen LogP contribution >= 0.6 is 0 Å².